The number of benzene rings is 1. The molecule has 1 saturated heterocycles. The van der Waals surface area contributed by atoms with E-state index in [1.807, 2.05) is 12.1 Å². The number of hydrogen-bond donors (Lipinski definition) is 2. The molecule has 0 radical (unpaired) electrons. The number of aryl methyl sites for hydroxylation is 1. The molecule has 9 nitrogen and oxygen atoms in total. The van der Waals surface area contributed by atoms with Crippen LogP contribution < -0.4 is 11.1 Å². The number of urea groups is 1. The highest BCUT2D eigenvalue weighted by atomic mass is 35.5. The lowest BCUT2D eigenvalue weighted by Gasteiger charge is -2.23. The van der Waals surface area contributed by atoms with Crippen LogP contribution in [0.2, 0.25) is 5.02 Å². The van der Waals surface area contributed by atoms with Gasteiger partial charge in [0.25, 0.3) is 0 Å². The second kappa shape index (κ2) is 8.30. The second-order valence-electron chi connectivity index (χ2n) is 7.64. The Labute approximate surface area is 192 Å². The van der Waals surface area contributed by atoms with Crippen LogP contribution in [0.25, 0.3) is 16.8 Å². The molecule has 0 aliphatic carbocycles. The molecule has 2 amide bonds. The molecule has 4 aromatic rings. The molecular formula is C22H19ClFN7O2. The number of amides is 2. The van der Waals surface area contributed by atoms with E-state index in [1.54, 1.807) is 36.0 Å². The highest BCUT2D eigenvalue weighted by Crippen LogP contribution is 2.33. The van der Waals surface area contributed by atoms with Crippen molar-refractivity contribution in [2.45, 2.75) is 19.4 Å². The molecule has 0 unspecified atom stereocenters. The first-order valence-corrected chi connectivity index (χ1v) is 10.5. The van der Waals surface area contributed by atoms with Gasteiger partial charge in [0, 0.05) is 35.0 Å². The van der Waals surface area contributed by atoms with E-state index in [9.17, 15) is 9.18 Å². The van der Waals surface area contributed by atoms with E-state index in [-0.39, 0.29) is 11.0 Å². The number of anilines is 2. The van der Waals surface area contributed by atoms with Crippen molar-refractivity contribution in [3.05, 3.63) is 70.9 Å². The lowest BCUT2D eigenvalue weighted by molar-refractivity contribution is -0.0830. The number of aromatic nitrogens is 4. The minimum atomic E-state index is -0.487. The van der Waals surface area contributed by atoms with Gasteiger partial charge in [0.2, 0.25) is 5.95 Å². The Morgan fingerprint density at radius 3 is 2.94 bits per heavy atom. The second-order valence-corrected chi connectivity index (χ2v) is 8.08. The molecule has 1 fully saturated rings. The van der Waals surface area contributed by atoms with Gasteiger partial charge in [-0.25, -0.2) is 13.7 Å². The van der Waals surface area contributed by atoms with E-state index in [2.05, 4.69) is 20.4 Å². The number of nitrogens with zero attached hydrogens (tertiary/aromatic N) is 5. The van der Waals surface area contributed by atoms with Gasteiger partial charge in [-0.05, 0) is 48.9 Å². The zero-order chi connectivity index (χ0) is 23.1. The molecule has 0 saturated carbocycles. The van der Waals surface area contributed by atoms with E-state index in [1.165, 1.54) is 17.2 Å². The highest BCUT2D eigenvalue weighted by molar-refractivity contribution is 6.30. The molecule has 5 rings (SSSR count). The van der Waals surface area contributed by atoms with Crippen molar-refractivity contribution in [3.8, 4) is 11.1 Å². The van der Waals surface area contributed by atoms with Gasteiger partial charge in [-0.1, -0.05) is 11.6 Å². The Hall–Kier alpha value is -3.76. The molecule has 1 aromatic carbocycles. The number of halogens is 2. The lowest BCUT2D eigenvalue weighted by Crippen LogP contribution is -2.33. The van der Waals surface area contributed by atoms with Crippen molar-refractivity contribution in [2.75, 3.05) is 17.7 Å². The summed E-state index contributed by atoms with van der Waals surface area (Å²) in [5.74, 6) is -0.287. The van der Waals surface area contributed by atoms with E-state index in [0.717, 1.165) is 11.1 Å². The van der Waals surface area contributed by atoms with E-state index in [0.29, 0.717) is 35.6 Å². The normalized spacial score (nSPS) is 15.8. The summed E-state index contributed by atoms with van der Waals surface area (Å²) in [6.07, 6.45) is 4.01. The minimum absolute atomic E-state index is 0.182. The Balaban J connectivity index is 1.40. The van der Waals surface area contributed by atoms with Gasteiger partial charge in [0.1, 0.15) is 5.82 Å². The van der Waals surface area contributed by atoms with Crippen LogP contribution in [0.1, 0.15) is 23.7 Å². The predicted molar refractivity (Wildman–Crippen MR) is 121 cm³/mol. The van der Waals surface area contributed by atoms with Crippen LogP contribution in [0.5, 0.6) is 0 Å². The van der Waals surface area contributed by atoms with Crippen molar-refractivity contribution in [3.63, 3.8) is 0 Å². The number of carbonyl (C=O) groups is 1. The monoisotopic (exact) mass is 467 g/mol. The maximum atomic E-state index is 13.8. The molecule has 3 aromatic heterocycles. The fourth-order valence-corrected chi connectivity index (χ4v) is 4.03. The Kier molecular flexibility index (Phi) is 5.31. The summed E-state index contributed by atoms with van der Waals surface area (Å²) < 4.78 is 15.4. The summed E-state index contributed by atoms with van der Waals surface area (Å²) in [5, 5.41) is 8.44. The number of carbonyl (C=O) groups excluding carboxylic acids is 1. The third kappa shape index (κ3) is 4.18. The zero-order valence-electron chi connectivity index (χ0n) is 17.5. The number of nitrogen functional groups attached to an aromatic ring is 1. The quantitative estimate of drug-likeness (QED) is 0.462. The maximum absolute atomic E-state index is 13.8. The largest absolute Gasteiger partial charge is 0.366 e. The first kappa shape index (κ1) is 21.1. The fourth-order valence-electron chi connectivity index (χ4n) is 3.80. The molecule has 33 heavy (non-hydrogen) atoms. The van der Waals surface area contributed by atoms with Crippen LogP contribution in [0, 0.1) is 12.7 Å². The van der Waals surface area contributed by atoms with Gasteiger partial charge in [-0.3, -0.25) is 9.82 Å². The standard InChI is InChI=1S/C22H19ClFN7O2/c1-12-18(8-15(10-26-12)13-2-3-20-28-21(25)29-30(20)11-13)27-22(32)31-19(4-5-33-31)14-6-16(23)9-17(24)7-14/h2-3,6-11,19H,4-5H2,1H3,(H2,25,29)(H,27,32)/t19-/m0/s1. The molecule has 1 aliphatic heterocycles. The van der Waals surface area contributed by atoms with Crippen LogP contribution >= 0.6 is 11.6 Å². The third-order valence-electron chi connectivity index (χ3n) is 5.38. The molecular weight excluding hydrogens is 449 g/mol. The zero-order valence-corrected chi connectivity index (χ0v) is 18.3. The van der Waals surface area contributed by atoms with Gasteiger partial charge in [0.15, 0.2) is 5.65 Å². The van der Waals surface area contributed by atoms with Gasteiger partial charge in [-0.15, -0.1) is 5.10 Å². The topological polar surface area (TPSA) is 111 Å². The van der Waals surface area contributed by atoms with E-state index in [4.69, 9.17) is 22.2 Å². The van der Waals surface area contributed by atoms with Crippen LogP contribution in [0.15, 0.2) is 48.8 Å². The summed E-state index contributed by atoms with van der Waals surface area (Å²) in [7, 11) is 0. The summed E-state index contributed by atoms with van der Waals surface area (Å²) >= 11 is 5.99. The molecule has 3 N–H and O–H groups in total. The van der Waals surface area contributed by atoms with Gasteiger partial charge in [0.05, 0.1) is 24.0 Å². The smallest absolute Gasteiger partial charge is 0.346 e. The van der Waals surface area contributed by atoms with Crippen molar-refractivity contribution in [2.24, 2.45) is 0 Å². The first-order valence-electron chi connectivity index (χ1n) is 10.2. The van der Waals surface area contributed by atoms with Crippen LogP contribution in [-0.4, -0.2) is 37.3 Å². The van der Waals surface area contributed by atoms with Crippen molar-refractivity contribution in [1.82, 2.24) is 24.6 Å². The Morgan fingerprint density at radius 1 is 1.27 bits per heavy atom. The van der Waals surface area contributed by atoms with E-state index < -0.39 is 17.9 Å². The van der Waals surface area contributed by atoms with Gasteiger partial charge < -0.3 is 11.1 Å². The van der Waals surface area contributed by atoms with Crippen molar-refractivity contribution in [1.29, 1.82) is 0 Å². The SMILES string of the molecule is Cc1ncc(-c2ccc3nc(N)nn3c2)cc1NC(=O)N1OCC[C@H]1c1cc(F)cc(Cl)c1. The lowest BCUT2D eigenvalue weighted by atomic mass is 10.0. The van der Waals surface area contributed by atoms with Crippen LogP contribution in [-0.2, 0) is 4.84 Å². The molecule has 0 bridgehead atoms. The highest BCUT2D eigenvalue weighted by Gasteiger charge is 2.32. The van der Waals surface area contributed by atoms with Gasteiger partial charge in [-0.2, -0.15) is 10.0 Å². The number of fused-ring (bicyclic) bond motifs is 1. The molecule has 168 valence electrons. The summed E-state index contributed by atoms with van der Waals surface area (Å²) in [4.78, 5) is 27.1. The predicted octanol–water partition coefficient (Wildman–Crippen LogP) is 4.38. The summed E-state index contributed by atoms with van der Waals surface area (Å²) in [6.45, 7) is 2.11. The number of nitrogens with one attached hydrogen (secondary N) is 1. The fraction of sp³-hybridized carbons (Fsp3) is 0.182. The summed E-state index contributed by atoms with van der Waals surface area (Å²) in [6, 6.07) is 8.73. The molecule has 1 aliphatic rings. The molecule has 1 atom stereocenters. The van der Waals surface area contributed by atoms with Crippen molar-refractivity contribution < 1.29 is 14.0 Å². The number of hydrogen-bond acceptors (Lipinski definition) is 6. The number of hydroxylamine groups is 2. The average molecular weight is 468 g/mol. The van der Waals surface area contributed by atoms with E-state index >= 15 is 0 Å². The number of nitrogens with two attached hydrogens (primary N) is 1. The van der Waals surface area contributed by atoms with Crippen molar-refractivity contribution >= 4 is 34.9 Å². The third-order valence-corrected chi connectivity index (χ3v) is 5.60. The minimum Gasteiger partial charge on any atom is -0.366 e. The first-order chi connectivity index (χ1) is 15.9. The Morgan fingerprint density at radius 2 is 2.12 bits per heavy atom. The molecule has 4 heterocycles. The van der Waals surface area contributed by atoms with Crippen LogP contribution in [0.3, 0.4) is 0 Å². The number of rotatable bonds is 3. The molecule has 0 spiro atoms. The molecule has 11 heteroatoms. The van der Waals surface area contributed by atoms with Crippen LogP contribution in [0.4, 0.5) is 20.8 Å². The van der Waals surface area contributed by atoms with Gasteiger partial charge >= 0.3 is 6.03 Å². The number of pyridine rings is 2. The maximum Gasteiger partial charge on any atom is 0.346 e. The average Bonchev–Trinajstić information content (AvgIpc) is 3.40. The Bertz CT molecular complexity index is 1360. The summed E-state index contributed by atoms with van der Waals surface area (Å²) in [5.41, 5.74) is 9.58.